The summed E-state index contributed by atoms with van der Waals surface area (Å²) in [6.07, 6.45) is 6.91. The smallest absolute Gasteiger partial charge is 0.125 e. The molecule has 104 valence electrons. The van der Waals surface area contributed by atoms with Crippen molar-refractivity contribution in [3.63, 3.8) is 0 Å². The van der Waals surface area contributed by atoms with Crippen LogP contribution >= 0.6 is 0 Å². The van der Waals surface area contributed by atoms with Crippen LogP contribution in [0.15, 0.2) is 12.1 Å². The lowest BCUT2D eigenvalue weighted by atomic mass is 10.1. The SMILES string of the molecule is C#CCCCOc1c(C)cc(CNC(C)C)cc1C. The zero-order valence-electron chi connectivity index (χ0n) is 12.5. The number of nitrogens with one attached hydrogen (secondary N) is 1. The maximum atomic E-state index is 5.83. The second-order valence-electron chi connectivity index (χ2n) is 5.25. The highest BCUT2D eigenvalue weighted by atomic mass is 16.5. The largest absolute Gasteiger partial charge is 0.493 e. The molecule has 0 aliphatic rings. The van der Waals surface area contributed by atoms with E-state index in [1.54, 1.807) is 0 Å². The van der Waals surface area contributed by atoms with Gasteiger partial charge in [0.25, 0.3) is 0 Å². The summed E-state index contributed by atoms with van der Waals surface area (Å²) in [4.78, 5) is 0. The molecule has 0 spiro atoms. The zero-order valence-corrected chi connectivity index (χ0v) is 12.5. The Morgan fingerprint density at radius 1 is 1.26 bits per heavy atom. The molecule has 1 aromatic carbocycles. The van der Waals surface area contributed by atoms with E-state index in [1.807, 2.05) is 0 Å². The van der Waals surface area contributed by atoms with Gasteiger partial charge >= 0.3 is 0 Å². The fourth-order valence-corrected chi connectivity index (χ4v) is 2.04. The number of hydrogen-bond donors (Lipinski definition) is 1. The van der Waals surface area contributed by atoms with Gasteiger partial charge in [0, 0.05) is 19.0 Å². The first-order valence-corrected chi connectivity index (χ1v) is 6.94. The molecule has 0 fully saturated rings. The molecular formula is C17H25NO. The Hall–Kier alpha value is -1.46. The molecule has 1 aromatic rings. The molecule has 0 heterocycles. The van der Waals surface area contributed by atoms with E-state index in [4.69, 9.17) is 11.2 Å². The third kappa shape index (κ3) is 5.36. The van der Waals surface area contributed by atoms with E-state index in [0.29, 0.717) is 12.6 Å². The fourth-order valence-electron chi connectivity index (χ4n) is 2.04. The van der Waals surface area contributed by atoms with Crippen molar-refractivity contribution in [1.29, 1.82) is 0 Å². The van der Waals surface area contributed by atoms with E-state index < -0.39 is 0 Å². The van der Waals surface area contributed by atoms with Gasteiger partial charge in [-0.2, -0.15) is 0 Å². The third-order valence-corrected chi connectivity index (χ3v) is 2.95. The Bertz CT molecular complexity index is 420. The average Bonchev–Trinajstić information content (AvgIpc) is 2.34. The molecule has 2 nitrogen and oxygen atoms in total. The number of terminal acetylenes is 1. The van der Waals surface area contributed by atoms with Crippen molar-refractivity contribution in [2.75, 3.05) is 6.61 Å². The van der Waals surface area contributed by atoms with E-state index in [2.05, 4.69) is 51.1 Å². The minimum atomic E-state index is 0.500. The number of rotatable bonds is 7. The molecule has 2 heteroatoms. The molecule has 0 radical (unpaired) electrons. The quantitative estimate of drug-likeness (QED) is 0.597. The van der Waals surface area contributed by atoms with Gasteiger partial charge in [-0.1, -0.05) is 26.0 Å². The topological polar surface area (TPSA) is 21.3 Å². The summed E-state index contributed by atoms with van der Waals surface area (Å²) in [7, 11) is 0. The summed E-state index contributed by atoms with van der Waals surface area (Å²) >= 11 is 0. The molecule has 19 heavy (non-hydrogen) atoms. The van der Waals surface area contributed by atoms with E-state index in [9.17, 15) is 0 Å². The van der Waals surface area contributed by atoms with Crippen molar-refractivity contribution in [2.24, 2.45) is 0 Å². The van der Waals surface area contributed by atoms with Gasteiger partial charge in [0.05, 0.1) is 6.61 Å². The van der Waals surface area contributed by atoms with Gasteiger partial charge in [0.15, 0.2) is 0 Å². The predicted molar refractivity (Wildman–Crippen MR) is 81.5 cm³/mol. The van der Waals surface area contributed by atoms with E-state index >= 15 is 0 Å². The summed E-state index contributed by atoms with van der Waals surface area (Å²) in [6, 6.07) is 4.89. The van der Waals surface area contributed by atoms with Crippen LogP contribution in [-0.2, 0) is 6.54 Å². The van der Waals surface area contributed by atoms with Gasteiger partial charge in [0.2, 0.25) is 0 Å². The van der Waals surface area contributed by atoms with E-state index in [-0.39, 0.29) is 0 Å². The number of aryl methyl sites for hydroxylation is 2. The molecule has 0 aliphatic carbocycles. The van der Waals surface area contributed by atoms with Gasteiger partial charge < -0.3 is 10.1 Å². The van der Waals surface area contributed by atoms with Crippen LogP contribution in [0.2, 0.25) is 0 Å². The lowest BCUT2D eigenvalue weighted by Gasteiger charge is -2.15. The van der Waals surface area contributed by atoms with Gasteiger partial charge in [-0.3, -0.25) is 0 Å². The molecule has 0 atom stereocenters. The highest BCUT2D eigenvalue weighted by Crippen LogP contribution is 2.25. The van der Waals surface area contributed by atoms with Gasteiger partial charge in [-0.25, -0.2) is 0 Å². The number of unbranched alkanes of at least 4 members (excludes halogenated alkanes) is 1. The van der Waals surface area contributed by atoms with Gasteiger partial charge in [0.1, 0.15) is 5.75 Å². The Kier molecular flexibility index (Phi) is 6.45. The number of ether oxygens (including phenoxy) is 1. The van der Waals surface area contributed by atoms with Gasteiger partial charge in [-0.05, 0) is 37.0 Å². The molecule has 0 bridgehead atoms. The lowest BCUT2D eigenvalue weighted by Crippen LogP contribution is -2.21. The first-order valence-electron chi connectivity index (χ1n) is 6.94. The van der Waals surface area contributed by atoms with Crippen LogP contribution in [0.3, 0.4) is 0 Å². The maximum absolute atomic E-state index is 5.83. The van der Waals surface area contributed by atoms with Crippen molar-refractivity contribution >= 4 is 0 Å². The maximum Gasteiger partial charge on any atom is 0.125 e. The molecule has 0 unspecified atom stereocenters. The van der Waals surface area contributed by atoms with Crippen molar-refractivity contribution in [1.82, 2.24) is 5.32 Å². The highest BCUT2D eigenvalue weighted by Gasteiger charge is 2.06. The Balaban J connectivity index is 2.66. The zero-order chi connectivity index (χ0) is 14.3. The second kappa shape index (κ2) is 7.86. The van der Waals surface area contributed by atoms with Crippen LogP contribution in [0.1, 0.15) is 43.4 Å². The van der Waals surface area contributed by atoms with Crippen LogP contribution in [0.5, 0.6) is 5.75 Å². The number of benzene rings is 1. The van der Waals surface area contributed by atoms with Crippen molar-refractivity contribution in [3.05, 3.63) is 28.8 Å². The van der Waals surface area contributed by atoms with Crippen LogP contribution in [0.4, 0.5) is 0 Å². The summed E-state index contributed by atoms with van der Waals surface area (Å²) in [6.45, 7) is 10.1. The van der Waals surface area contributed by atoms with Crippen LogP contribution in [-0.4, -0.2) is 12.6 Å². The van der Waals surface area contributed by atoms with E-state index in [0.717, 1.165) is 25.1 Å². The summed E-state index contributed by atoms with van der Waals surface area (Å²) in [5, 5.41) is 3.43. The Labute approximate surface area is 117 Å². The molecule has 0 amide bonds. The normalized spacial score (nSPS) is 10.5. The summed E-state index contributed by atoms with van der Waals surface area (Å²) in [5.41, 5.74) is 3.70. The molecule has 1 N–H and O–H groups in total. The standard InChI is InChI=1S/C17H25NO/c1-6-7-8-9-19-17-14(4)10-16(11-15(17)5)12-18-13(2)3/h1,10-11,13,18H,7-9,12H2,2-5H3. The minimum Gasteiger partial charge on any atom is -0.493 e. The van der Waals surface area contributed by atoms with Crippen molar-refractivity contribution < 1.29 is 4.74 Å². The predicted octanol–water partition coefficient (Wildman–Crippen LogP) is 3.59. The van der Waals surface area contributed by atoms with E-state index in [1.165, 1.54) is 16.7 Å². The lowest BCUT2D eigenvalue weighted by molar-refractivity contribution is 0.308. The first-order chi connectivity index (χ1) is 9.04. The third-order valence-electron chi connectivity index (χ3n) is 2.95. The molecule has 0 aliphatic heterocycles. The van der Waals surface area contributed by atoms with Crippen LogP contribution < -0.4 is 10.1 Å². The highest BCUT2D eigenvalue weighted by molar-refractivity contribution is 5.43. The van der Waals surface area contributed by atoms with Gasteiger partial charge in [-0.15, -0.1) is 12.3 Å². The molecule has 0 saturated heterocycles. The molecule has 1 rings (SSSR count). The second-order valence-corrected chi connectivity index (χ2v) is 5.25. The monoisotopic (exact) mass is 259 g/mol. The average molecular weight is 259 g/mol. The molecule has 0 saturated carbocycles. The van der Waals surface area contributed by atoms with Crippen molar-refractivity contribution in [3.8, 4) is 18.1 Å². The first kappa shape index (κ1) is 15.6. The van der Waals surface area contributed by atoms with Crippen LogP contribution in [0.25, 0.3) is 0 Å². The van der Waals surface area contributed by atoms with Crippen LogP contribution in [0, 0.1) is 26.2 Å². The Morgan fingerprint density at radius 3 is 2.42 bits per heavy atom. The molecular weight excluding hydrogens is 234 g/mol. The summed E-state index contributed by atoms with van der Waals surface area (Å²) in [5.74, 6) is 3.64. The fraction of sp³-hybridized carbons (Fsp3) is 0.529. The van der Waals surface area contributed by atoms with Crippen molar-refractivity contribution in [2.45, 2.75) is 53.1 Å². The summed E-state index contributed by atoms with van der Waals surface area (Å²) < 4.78 is 5.83. The minimum absolute atomic E-state index is 0.500. The number of hydrogen-bond acceptors (Lipinski definition) is 2. The Morgan fingerprint density at radius 2 is 1.89 bits per heavy atom. The molecule has 0 aromatic heterocycles.